The molecule has 0 unspecified atom stereocenters. The Morgan fingerprint density at radius 3 is 2.95 bits per heavy atom. The van der Waals surface area contributed by atoms with Gasteiger partial charge >= 0.3 is 0 Å². The van der Waals surface area contributed by atoms with Gasteiger partial charge in [-0.25, -0.2) is 0 Å². The molecule has 0 radical (unpaired) electrons. The topological polar surface area (TPSA) is 61.4 Å². The molecule has 4 heteroatoms. The average Bonchev–Trinajstić information content (AvgIpc) is 2.74. The molecule has 1 aromatic carbocycles. The maximum absolute atomic E-state index is 11.3. The van der Waals surface area contributed by atoms with Crippen LogP contribution in [-0.4, -0.2) is 30.7 Å². The molecule has 0 saturated heterocycles. The van der Waals surface area contributed by atoms with E-state index in [9.17, 15) is 4.79 Å². The minimum Gasteiger partial charge on any atom is -0.396 e. The van der Waals surface area contributed by atoms with E-state index >= 15 is 0 Å². The lowest BCUT2D eigenvalue weighted by Crippen LogP contribution is -2.33. The summed E-state index contributed by atoms with van der Waals surface area (Å²) in [5, 5.41) is 15.4. The number of benzene rings is 1. The second-order valence-corrected chi connectivity index (χ2v) is 5.97. The molecule has 1 heterocycles. The molecule has 0 spiro atoms. The Balaban J connectivity index is 1.81. The second kappa shape index (κ2) is 5.72. The van der Waals surface area contributed by atoms with Crippen molar-refractivity contribution in [1.29, 1.82) is 0 Å². The highest BCUT2D eigenvalue weighted by Crippen LogP contribution is 2.23. The average molecular weight is 262 g/mol. The smallest absolute Gasteiger partial charge is 0.228 e. The molecule has 0 aliphatic carbocycles. The summed E-state index contributed by atoms with van der Waals surface area (Å²) in [6.07, 6.45) is 1.43. The first-order valence-electron chi connectivity index (χ1n) is 6.73. The first-order chi connectivity index (χ1) is 9.00. The van der Waals surface area contributed by atoms with Gasteiger partial charge < -0.3 is 15.7 Å². The number of hydrogen-bond donors (Lipinski definition) is 3. The molecular weight excluding hydrogens is 240 g/mol. The molecule has 19 heavy (non-hydrogen) atoms. The summed E-state index contributed by atoms with van der Waals surface area (Å²) in [5.74, 6) is 0.0787. The fourth-order valence-electron chi connectivity index (χ4n) is 2.15. The third-order valence-electron chi connectivity index (χ3n) is 3.42. The summed E-state index contributed by atoms with van der Waals surface area (Å²) in [7, 11) is 0. The van der Waals surface area contributed by atoms with Crippen LogP contribution in [0.1, 0.15) is 25.0 Å². The Morgan fingerprint density at radius 1 is 1.42 bits per heavy atom. The quantitative estimate of drug-likeness (QED) is 0.678. The van der Waals surface area contributed by atoms with Crippen molar-refractivity contribution in [2.24, 2.45) is 5.41 Å². The molecule has 3 N–H and O–H groups in total. The number of aliphatic hydroxyl groups is 1. The Morgan fingerprint density at radius 2 is 2.21 bits per heavy atom. The van der Waals surface area contributed by atoms with Crippen molar-refractivity contribution < 1.29 is 9.90 Å². The first-order valence-corrected chi connectivity index (χ1v) is 6.73. The summed E-state index contributed by atoms with van der Waals surface area (Å²) in [5.41, 5.74) is 3.21. The van der Waals surface area contributed by atoms with Crippen LogP contribution in [0.15, 0.2) is 18.2 Å². The molecular formula is C15H22N2O2. The largest absolute Gasteiger partial charge is 0.396 e. The molecule has 0 fully saturated rings. The number of hydrogen-bond acceptors (Lipinski definition) is 3. The van der Waals surface area contributed by atoms with Crippen molar-refractivity contribution in [2.45, 2.75) is 26.7 Å². The number of rotatable bonds is 6. The number of carbonyl (C=O) groups is 1. The summed E-state index contributed by atoms with van der Waals surface area (Å²) in [6.45, 7) is 5.93. The summed E-state index contributed by atoms with van der Waals surface area (Å²) < 4.78 is 0. The summed E-state index contributed by atoms with van der Waals surface area (Å²) in [4.78, 5) is 11.3. The molecule has 0 aromatic heterocycles. The van der Waals surface area contributed by atoms with E-state index in [0.717, 1.165) is 30.8 Å². The molecule has 1 amide bonds. The predicted molar refractivity (Wildman–Crippen MR) is 76.2 cm³/mol. The predicted octanol–water partition coefficient (Wildman–Crippen LogP) is 1.33. The molecule has 2 rings (SSSR count). The SMILES string of the molecule is CC(C)(CO)CNCCc1ccc2c(c1)CC(=O)N2. The highest BCUT2D eigenvalue weighted by atomic mass is 16.3. The molecule has 1 aliphatic heterocycles. The standard InChI is InChI=1S/C15H22N2O2/c1-15(2,10-18)9-16-6-5-11-3-4-13-12(7-11)8-14(19)17-13/h3-4,7,16,18H,5-6,8-10H2,1-2H3,(H,17,19). The van der Waals surface area contributed by atoms with Crippen molar-refractivity contribution in [1.82, 2.24) is 5.32 Å². The third kappa shape index (κ3) is 3.78. The Hall–Kier alpha value is -1.39. The minimum absolute atomic E-state index is 0.0751. The van der Waals surface area contributed by atoms with E-state index in [1.54, 1.807) is 0 Å². The van der Waals surface area contributed by atoms with E-state index in [4.69, 9.17) is 5.11 Å². The van der Waals surface area contributed by atoms with Gasteiger partial charge in [-0.1, -0.05) is 26.0 Å². The van der Waals surface area contributed by atoms with E-state index in [2.05, 4.69) is 22.8 Å². The number of anilines is 1. The Kier molecular flexibility index (Phi) is 4.22. The van der Waals surface area contributed by atoms with E-state index < -0.39 is 0 Å². The van der Waals surface area contributed by atoms with Crippen molar-refractivity contribution in [3.8, 4) is 0 Å². The highest BCUT2D eigenvalue weighted by molar-refractivity contribution is 5.99. The van der Waals surface area contributed by atoms with Gasteiger partial charge in [0.15, 0.2) is 0 Å². The fourth-order valence-corrected chi connectivity index (χ4v) is 2.15. The maximum Gasteiger partial charge on any atom is 0.228 e. The van der Waals surface area contributed by atoms with E-state index in [1.165, 1.54) is 5.56 Å². The highest BCUT2D eigenvalue weighted by Gasteiger charge is 2.17. The van der Waals surface area contributed by atoms with Crippen LogP contribution >= 0.6 is 0 Å². The number of aliphatic hydroxyl groups excluding tert-OH is 1. The second-order valence-electron chi connectivity index (χ2n) is 5.97. The molecule has 1 aliphatic rings. The van der Waals surface area contributed by atoms with Crippen LogP contribution in [0, 0.1) is 5.41 Å². The zero-order valence-corrected chi connectivity index (χ0v) is 11.6. The first kappa shape index (κ1) is 14.0. The maximum atomic E-state index is 11.3. The number of carbonyl (C=O) groups excluding carboxylic acids is 1. The van der Waals surface area contributed by atoms with Crippen molar-refractivity contribution >= 4 is 11.6 Å². The fraction of sp³-hybridized carbons (Fsp3) is 0.533. The third-order valence-corrected chi connectivity index (χ3v) is 3.42. The molecule has 1 aromatic rings. The number of fused-ring (bicyclic) bond motifs is 1. The van der Waals surface area contributed by atoms with Gasteiger partial charge in [0.05, 0.1) is 6.42 Å². The molecule has 104 valence electrons. The van der Waals surface area contributed by atoms with Crippen LogP contribution in [0.3, 0.4) is 0 Å². The van der Waals surface area contributed by atoms with Gasteiger partial charge in [0.1, 0.15) is 0 Å². The Labute approximate surface area is 114 Å². The van der Waals surface area contributed by atoms with Gasteiger partial charge in [0.2, 0.25) is 5.91 Å². The van der Waals surface area contributed by atoms with Gasteiger partial charge in [0.25, 0.3) is 0 Å². The van der Waals surface area contributed by atoms with Gasteiger partial charge in [-0.15, -0.1) is 0 Å². The van der Waals surface area contributed by atoms with Crippen molar-refractivity contribution in [2.75, 3.05) is 25.0 Å². The number of amides is 1. The summed E-state index contributed by atoms with van der Waals surface area (Å²) >= 11 is 0. The molecule has 0 atom stereocenters. The van der Waals surface area contributed by atoms with Gasteiger partial charge in [0, 0.05) is 24.3 Å². The lowest BCUT2D eigenvalue weighted by atomic mass is 9.95. The molecule has 0 bridgehead atoms. The molecule has 0 saturated carbocycles. The van der Waals surface area contributed by atoms with Gasteiger partial charge in [-0.05, 0) is 30.2 Å². The van der Waals surface area contributed by atoms with Crippen molar-refractivity contribution in [3.63, 3.8) is 0 Å². The summed E-state index contributed by atoms with van der Waals surface area (Å²) in [6, 6.07) is 6.14. The van der Waals surface area contributed by atoms with Crippen LogP contribution in [0.2, 0.25) is 0 Å². The number of nitrogens with one attached hydrogen (secondary N) is 2. The van der Waals surface area contributed by atoms with Crippen LogP contribution in [0.5, 0.6) is 0 Å². The van der Waals surface area contributed by atoms with Crippen LogP contribution in [0.25, 0.3) is 0 Å². The zero-order chi connectivity index (χ0) is 13.9. The van der Waals surface area contributed by atoms with E-state index in [1.807, 2.05) is 19.9 Å². The van der Waals surface area contributed by atoms with Crippen LogP contribution in [0.4, 0.5) is 5.69 Å². The van der Waals surface area contributed by atoms with Crippen LogP contribution in [-0.2, 0) is 17.6 Å². The van der Waals surface area contributed by atoms with E-state index in [0.29, 0.717) is 6.42 Å². The van der Waals surface area contributed by atoms with Crippen LogP contribution < -0.4 is 10.6 Å². The van der Waals surface area contributed by atoms with Crippen molar-refractivity contribution in [3.05, 3.63) is 29.3 Å². The monoisotopic (exact) mass is 262 g/mol. The lowest BCUT2D eigenvalue weighted by Gasteiger charge is -2.21. The van der Waals surface area contributed by atoms with Gasteiger partial charge in [-0.2, -0.15) is 0 Å². The zero-order valence-electron chi connectivity index (χ0n) is 11.6. The molecule has 4 nitrogen and oxygen atoms in total. The normalized spacial score (nSPS) is 14.4. The Bertz CT molecular complexity index is 469. The lowest BCUT2D eigenvalue weighted by molar-refractivity contribution is -0.115. The van der Waals surface area contributed by atoms with Gasteiger partial charge in [-0.3, -0.25) is 4.79 Å². The minimum atomic E-state index is -0.0751. The van der Waals surface area contributed by atoms with E-state index in [-0.39, 0.29) is 17.9 Å².